The van der Waals surface area contributed by atoms with E-state index >= 15 is 0 Å². The largest absolute Gasteiger partial charge is 0.330 e. The molecule has 0 spiro atoms. The van der Waals surface area contributed by atoms with Crippen LogP contribution in [0.25, 0.3) is 0 Å². The molecule has 1 aromatic rings. The van der Waals surface area contributed by atoms with Crippen LogP contribution in [0.3, 0.4) is 0 Å². The molecular weight excluding hydrogens is 383 g/mol. The van der Waals surface area contributed by atoms with Crippen molar-refractivity contribution in [2.45, 2.75) is 36.6 Å². The van der Waals surface area contributed by atoms with Gasteiger partial charge in [-0.25, -0.2) is 17.5 Å². The minimum atomic E-state index is -3.83. The number of hydrogen-bond acceptors (Lipinski definition) is 3. The van der Waals surface area contributed by atoms with Crippen LogP contribution in [0.15, 0.2) is 21.5 Å². The van der Waals surface area contributed by atoms with E-state index in [1.54, 1.807) is 0 Å². The maximum Gasteiger partial charge on any atom is 0.243 e. The Hall–Kier alpha value is -0.210. The van der Waals surface area contributed by atoms with Crippen molar-refractivity contribution in [3.63, 3.8) is 0 Å². The van der Waals surface area contributed by atoms with Gasteiger partial charge in [0.25, 0.3) is 0 Å². The molecule has 0 radical (unpaired) electrons. The standard InChI is InChI=1S/C13H17BrClFN2O2S/c14-10-5-9(16)6-11(15)13(10)21(19,20)18-12-4-2-1-3-8(12)7-17/h5-6,8,12,18H,1-4,7,17H2. The average molecular weight is 400 g/mol. The SMILES string of the molecule is NCC1CCCCC1NS(=O)(=O)c1c(Cl)cc(F)cc1Br. The summed E-state index contributed by atoms with van der Waals surface area (Å²) in [7, 11) is -3.83. The summed E-state index contributed by atoms with van der Waals surface area (Å²) in [5.41, 5.74) is 5.71. The van der Waals surface area contributed by atoms with E-state index in [1.807, 2.05) is 0 Å². The van der Waals surface area contributed by atoms with E-state index in [0.29, 0.717) is 6.54 Å². The van der Waals surface area contributed by atoms with Gasteiger partial charge in [-0.3, -0.25) is 0 Å². The summed E-state index contributed by atoms with van der Waals surface area (Å²) in [6, 6.07) is 1.87. The average Bonchev–Trinajstić information content (AvgIpc) is 2.37. The highest BCUT2D eigenvalue weighted by atomic mass is 79.9. The Morgan fingerprint density at radius 3 is 2.67 bits per heavy atom. The van der Waals surface area contributed by atoms with Gasteiger partial charge in [-0.15, -0.1) is 0 Å². The Morgan fingerprint density at radius 1 is 1.38 bits per heavy atom. The molecule has 0 aromatic heterocycles. The lowest BCUT2D eigenvalue weighted by Gasteiger charge is -2.31. The normalized spacial score (nSPS) is 23.2. The van der Waals surface area contributed by atoms with Crippen LogP contribution >= 0.6 is 27.5 Å². The first-order valence-electron chi connectivity index (χ1n) is 6.72. The third-order valence-corrected chi connectivity index (χ3v) is 6.64. The van der Waals surface area contributed by atoms with E-state index in [-0.39, 0.29) is 26.4 Å². The fraction of sp³-hybridized carbons (Fsp3) is 0.538. The minimum Gasteiger partial charge on any atom is -0.330 e. The smallest absolute Gasteiger partial charge is 0.243 e. The molecule has 118 valence electrons. The van der Waals surface area contributed by atoms with Gasteiger partial charge in [-0.2, -0.15) is 0 Å². The number of sulfonamides is 1. The van der Waals surface area contributed by atoms with Crippen molar-refractivity contribution >= 4 is 37.6 Å². The fourth-order valence-electron chi connectivity index (χ4n) is 2.69. The van der Waals surface area contributed by atoms with Crippen LogP contribution in [0.1, 0.15) is 25.7 Å². The lowest BCUT2D eigenvalue weighted by Crippen LogP contribution is -2.44. The van der Waals surface area contributed by atoms with Gasteiger partial charge in [-0.1, -0.05) is 24.4 Å². The number of benzene rings is 1. The highest BCUT2D eigenvalue weighted by molar-refractivity contribution is 9.10. The molecule has 1 saturated carbocycles. The molecule has 0 amide bonds. The third-order valence-electron chi connectivity index (χ3n) is 3.75. The summed E-state index contributed by atoms with van der Waals surface area (Å²) in [5, 5.41) is -0.144. The van der Waals surface area contributed by atoms with Gasteiger partial charge in [-0.05, 0) is 53.4 Å². The predicted octanol–water partition coefficient (Wildman–Crippen LogP) is 3.04. The fourth-order valence-corrected chi connectivity index (χ4v) is 5.84. The quantitative estimate of drug-likeness (QED) is 0.817. The molecule has 1 aliphatic carbocycles. The molecule has 8 heteroatoms. The molecule has 1 fully saturated rings. The Labute approximate surface area is 137 Å². The molecule has 0 bridgehead atoms. The Morgan fingerprint density at radius 2 is 2.05 bits per heavy atom. The minimum absolute atomic E-state index is 0.111. The van der Waals surface area contributed by atoms with Gasteiger partial charge in [0.05, 0.1) is 5.02 Å². The second-order valence-electron chi connectivity index (χ2n) is 5.21. The number of nitrogens with two attached hydrogens (primary N) is 1. The van der Waals surface area contributed by atoms with Crippen LogP contribution in [0.5, 0.6) is 0 Å². The van der Waals surface area contributed by atoms with E-state index in [2.05, 4.69) is 20.7 Å². The maximum atomic E-state index is 13.2. The monoisotopic (exact) mass is 398 g/mol. The highest BCUT2D eigenvalue weighted by Gasteiger charge is 2.31. The van der Waals surface area contributed by atoms with Crippen LogP contribution in [-0.2, 0) is 10.0 Å². The zero-order chi connectivity index (χ0) is 15.6. The molecule has 4 nitrogen and oxygen atoms in total. The van der Waals surface area contributed by atoms with Crippen LogP contribution < -0.4 is 10.5 Å². The zero-order valence-corrected chi connectivity index (χ0v) is 14.4. The first kappa shape index (κ1) is 17.1. The van der Waals surface area contributed by atoms with Crippen LogP contribution in [0, 0.1) is 11.7 Å². The second-order valence-corrected chi connectivity index (χ2v) is 8.12. The van der Waals surface area contributed by atoms with Gasteiger partial charge in [0.2, 0.25) is 10.0 Å². The Bertz CT molecular complexity index is 604. The van der Waals surface area contributed by atoms with Crippen LogP contribution in [-0.4, -0.2) is 21.0 Å². The first-order chi connectivity index (χ1) is 9.85. The Kier molecular flexibility index (Phi) is 5.65. The van der Waals surface area contributed by atoms with Crippen molar-refractivity contribution in [2.75, 3.05) is 6.54 Å². The third kappa shape index (κ3) is 3.96. The van der Waals surface area contributed by atoms with E-state index < -0.39 is 15.8 Å². The van der Waals surface area contributed by atoms with Crippen LogP contribution in [0.2, 0.25) is 5.02 Å². The lowest BCUT2D eigenvalue weighted by atomic mass is 9.85. The molecular formula is C13H17BrClFN2O2S. The van der Waals surface area contributed by atoms with E-state index in [4.69, 9.17) is 17.3 Å². The van der Waals surface area contributed by atoms with Crippen molar-refractivity contribution < 1.29 is 12.8 Å². The molecule has 1 aromatic carbocycles. The van der Waals surface area contributed by atoms with Crippen molar-refractivity contribution in [3.05, 3.63) is 27.4 Å². The van der Waals surface area contributed by atoms with Gasteiger partial charge in [0.1, 0.15) is 10.7 Å². The van der Waals surface area contributed by atoms with Crippen molar-refractivity contribution in [1.29, 1.82) is 0 Å². The topological polar surface area (TPSA) is 72.2 Å². The van der Waals surface area contributed by atoms with E-state index in [9.17, 15) is 12.8 Å². The Balaban J connectivity index is 2.30. The molecule has 2 unspecified atom stereocenters. The lowest BCUT2D eigenvalue weighted by molar-refractivity contribution is 0.296. The molecule has 0 heterocycles. The number of rotatable bonds is 4. The number of nitrogens with one attached hydrogen (secondary N) is 1. The van der Waals surface area contributed by atoms with Crippen molar-refractivity contribution in [3.8, 4) is 0 Å². The summed E-state index contributed by atoms with van der Waals surface area (Å²) in [6.45, 7) is 0.436. The highest BCUT2D eigenvalue weighted by Crippen LogP contribution is 2.32. The summed E-state index contributed by atoms with van der Waals surface area (Å²) >= 11 is 8.96. The zero-order valence-electron chi connectivity index (χ0n) is 11.3. The summed E-state index contributed by atoms with van der Waals surface area (Å²) in [4.78, 5) is -0.132. The second kappa shape index (κ2) is 6.91. The molecule has 21 heavy (non-hydrogen) atoms. The molecule has 0 saturated heterocycles. The maximum absolute atomic E-state index is 13.2. The van der Waals surface area contributed by atoms with Gasteiger partial charge in [0, 0.05) is 10.5 Å². The molecule has 2 rings (SSSR count). The molecule has 0 aliphatic heterocycles. The van der Waals surface area contributed by atoms with E-state index in [1.165, 1.54) is 0 Å². The number of hydrogen-bond donors (Lipinski definition) is 2. The summed E-state index contributed by atoms with van der Waals surface area (Å²) in [5.74, 6) is -0.477. The van der Waals surface area contributed by atoms with Gasteiger partial charge >= 0.3 is 0 Å². The summed E-state index contributed by atoms with van der Waals surface area (Å²) < 4.78 is 41.1. The van der Waals surface area contributed by atoms with E-state index in [0.717, 1.165) is 37.8 Å². The van der Waals surface area contributed by atoms with Gasteiger partial charge < -0.3 is 5.73 Å². The molecule has 1 aliphatic rings. The molecule has 2 atom stereocenters. The van der Waals surface area contributed by atoms with Crippen molar-refractivity contribution in [1.82, 2.24) is 4.72 Å². The summed E-state index contributed by atoms with van der Waals surface area (Å²) in [6.07, 6.45) is 3.67. The van der Waals surface area contributed by atoms with Crippen LogP contribution in [0.4, 0.5) is 4.39 Å². The molecule has 3 N–H and O–H groups in total. The number of halogens is 3. The predicted molar refractivity (Wildman–Crippen MR) is 84.2 cm³/mol. The van der Waals surface area contributed by atoms with Crippen molar-refractivity contribution in [2.24, 2.45) is 11.7 Å². The van der Waals surface area contributed by atoms with Gasteiger partial charge in [0.15, 0.2) is 0 Å². The first-order valence-corrected chi connectivity index (χ1v) is 9.37.